The Morgan fingerprint density at radius 2 is 2.16 bits per heavy atom. The molecule has 1 saturated heterocycles. The summed E-state index contributed by atoms with van der Waals surface area (Å²) < 4.78 is 11.1. The van der Waals surface area contributed by atoms with Crippen molar-refractivity contribution in [1.82, 2.24) is 15.5 Å². The first kappa shape index (κ1) is 24.9. The number of halogens is 1. The zero-order valence-electron chi connectivity index (χ0n) is 16.6. The number of aliphatic imine (C=N–C) groups is 1. The van der Waals surface area contributed by atoms with E-state index in [1.54, 1.807) is 0 Å². The minimum Gasteiger partial charge on any atom is -0.381 e. The summed E-state index contributed by atoms with van der Waals surface area (Å²) >= 11 is 0. The Balaban J connectivity index is 0.00000576. The Kier molecular flexibility index (Phi) is 16.0. The zero-order chi connectivity index (χ0) is 17.6. The van der Waals surface area contributed by atoms with Crippen molar-refractivity contribution < 1.29 is 9.47 Å². The highest BCUT2D eigenvalue weighted by atomic mass is 127. The molecule has 1 aliphatic heterocycles. The van der Waals surface area contributed by atoms with Gasteiger partial charge in [0.15, 0.2) is 5.96 Å². The van der Waals surface area contributed by atoms with E-state index >= 15 is 0 Å². The lowest BCUT2D eigenvalue weighted by atomic mass is 10.1. The van der Waals surface area contributed by atoms with Crippen LogP contribution in [0, 0.1) is 5.92 Å². The topological polar surface area (TPSA) is 58.1 Å². The van der Waals surface area contributed by atoms with Crippen LogP contribution in [-0.4, -0.2) is 76.6 Å². The van der Waals surface area contributed by atoms with Gasteiger partial charge in [0.25, 0.3) is 0 Å². The predicted molar refractivity (Wildman–Crippen MR) is 116 cm³/mol. The average Bonchev–Trinajstić information content (AvgIpc) is 3.10. The lowest BCUT2D eigenvalue weighted by molar-refractivity contribution is 0.0893. The smallest absolute Gasteiger partial charge is 0.191 e. The first-order valence-corrected chi connectivity index (χ1v) is 9.55. The van der Waals surface area contributed by atoms with Gasteiger partial charge in [0.2, 0.25) is 0 Å². The Bertz CT molecular complexity index is 339. The molecule has 150 valence electrons. The summed E-state index contributed by atoms with van der Waals surface area (Å²) in [5.74, 6) is 1.49. The van der Waals surface area contributed by atoms with Crippen molar-refractivity contribution in [2.24, 2.45) is 10.9 Å². The maximum Gasteiger partial charge on any atom is 0.191 e. The summed E-state index contributed by atoms with van der Waals surface area (Å²) in [5.41, 5.74) is 0. The molecule has 0 amide bonds. The predicted octanol–water partition coefficient (Wildman–Crippen LogP) is 2.33. The molecule has 0 radical (unpaired) electrons. The van der Waals surface area contributed by atoms with Gasteiger partial charge in [-0.2, -0.15) is 0 Å². The molecule has 6 nitrogen and oxygen atoms in total. The van der Waals surface area contributed by atoms with Crippen LogP contribution in [0.4, 0.5) is 0 Å². The Labute approximate surface area is 171 Å². The van der Waals surface area contributed by atoms with E-state index in [0.29, 0.717) is 12.0 Å². The highest BCUT2D eigenvalue weighted by Crippen LogP contribution is 2.12. The van der Waals surface area contributed by atoms with E-state index < -0.39 is 0 Å². The number of ether oxygens (including phenoxy) is 2. The number of nitrogens with zero attached hydrogens (tertiary/aromatic N) is 2. The molecule has 2 N–H and O–H groups in total. The van der Waals surface area contributed by atoms with Gasteiger partial charge < -0.3 is 25.0 Å². The van der Waals surface area contributed by atoms with Crippen LogP contribution in [-0.2, 0) is 9.47 Å². The first-order chi connectivity index (χ1) is 11.7. The molecule has 1 fully saturated rings. The van der Waals surface area contributed by atoms with Crippen LogP contribution in [0.15, 0.2) is 4.99 Å². The Morgan fingerprint density at radius 3 is 2.80 bits per heavy atom. The van der Waals surface area contributed by atoms with Gasteiger partial charge in [-0.25, -0.2) is 0 Å². The molecule has 0 bridgehead atoms. The molecular weight excluding hydrogens is 431 g/mol. The second kappa shape index (κ2) is 16.1. The number of nitrogens with one attached hydrogen (secondary N) is 2. The van der Waals surface area contributed by atoms with E-state index in [-0.39, 0.29) is 24.0 Å². The first-order valence-electron chi connectivity index (χ1n) is 9.55. The fourth-order valence-electron chi connectivity index (χ4n) is 2.55. The van der Waals surface area contributed by atoms with Gasteiger partial charge in [-0.1, -0.05) is 6.92 Å². The van der Waals surface area contributed by atoms with Crippen LogP contribution in [0.25, 0.3) is 0 Å². The third-order valence-corrected chi connectivity index (χ3v) is 4.54. The van der Waals surface area contributed by atoms with Gasteiger partial charge in [0.1, 0.15) is 0 Å². The molecule has 0 spiro atoms. The summed E-state index contributed by atoms with van der Waals surface area (Å²) in [6.45, 7) is 13.5. The minimum absolute atomic E-state index is 0. The quantitative estimate of drug-likeness (QED) is 0.199. The Hall–Kier alpha value is -0.120. The van der Waals surface area contributed by atoms with E-state index in [2.05, 4.69) is 48.3 Å². The molecule has 1 rings (SSSR count). The summed E-state index contributed by atoms with van der Waals surface area (Å²) in [6.07, 6.45) is 3.27. The molecule has 0 saturated carbocycles. The summed E-state index contributed by atoms with van der Waals surface area (Å²) in [5, 5.41) is 6.70. The second-order valence-corrected chi connectivity index (χ2v) is 6.58. The normalized spacial score (nSPS) is 18.9. The van der Waals surface area contributed by atoms with Crippen molar-refractivity contribution in [3.8, 4) is 0 Å². The third kappa shape index (κ3) is 12.0. The fourth-order valence-corrected chi connectivity index (χ4v) is 2.55. The van der Waals surface area contributed by atoms with E-state index in [1.807, 2.05) is 0 Å². The monoisotopic (exact) mass is 470 g/mol. The van der Waals surface area contributed by atoms with E-state index in [9.17, 15) is 0 Å². The lowest BCUT2D eigenvalue weighted by Gasteiger charge is -2.24. The van der Waals surface area contributed by atoms with Crippen LogP contribution < -0.4 is 10.6 Å². The molecule has 0 aliphatic carbocycles. The molecule has 7 heteroatoms. The molecule has 1 heterocycles. The number of hydrogen-bond donors (Lipinski definition) is 2. The molecule has 25 heavy (non-hydrogen) atoms. The van der Waals surface area contributed by atoms with Gasteiger partial charge in [-0.05, 0) is 40.2 Å². The minimum atomic E-state index is 0. The van der Waals surface area contributed by atoms with Crippen molar-refractivity contribution >= 4 is 29.9 Å². The lowest BCUT2D eigenvalue weighted by Crippen LogP contribution is -2.42. The van der Waals surface area contributed by atoms with Crippen molar-refractivity contribution in [1.29, 1.82) is 0 Å². The third-order valence-electron chi connectivity index (χ3n) is 4.54. The molecule has 2 unspecified atom stereocenters. The van der Waals surface area contributed by atoms with Crippen molar-refractivity contribution in [2.75, 3.05) is 59.7 Å². The van der Waals surface area contributed by atoms with E-state index in [0.717, 1.165) is 71.4 Å². The maximum atomic E-state index is 5.71. The van der Waals surface area contributed by atoms with E-state index in [4.69, 9.17) is 9.47 Å². The van der Waals surface area contributed by atoms with Crippen LogP contribution >= 0.6 is 24.0 Å². The van der Waals surface area contributed by atoms with Gasteiger partial charge in [0.05, 0.1) is 13.2 Å². The van der Waals surface area contributed by atoms with Crippen LogP contribution in [0.5, 0.6) is 0 Å². The van der Waals surface area contributed by atoms with Gasteiger partial charge in [-0.3, -0.25) is 4.99 Å². The molecule has 0 aromatic heterocycles. The summed E-state index contributed by atoms with van der Waals surface area (Å²) in [7, 11) is 2.17. The molecule has 2 atom stereocenters. The largest absolute Gasteiger partial charge is 0.381 e. The van der Waals surface area contributed by atoms with Crippen LogP contribution in [0.2, 0.25) is 0 Å². The number of hydrogen-bond acceptors (Lipinski definition) is 4. The maximum absolute atomic E-state index is 5.71. The SMILES string of the molecule is CCNC(=NCCCOCC1CCOC1)NCCN(C)C(C)CC.I. The molecule has 0 aromatic carbocycles. The van der Waals surface area contributed by atoms with Gasteiger partial charge >= 0.3 is 0 Å². The van der Waals surface area contributed by atoms with E-state index in [1.165, 1.54) is 6.42 Å². The standard InChI is InChI=1S/C18H38N4O2.HI/c1-5-16(3)22(4)11-10-21-18(19-6-2)20-9-7-12-23-14-17-8-13-24-15-17;/h16-17H,5-15H2,1-4H3,(H2,19,20,21);1H. The number of likely N-dealkylation sites (N-methyl/N-ethyl adjacent to an activating group) is 1. The summed E-state index contributed by atoms with van der Waals surface area (Å²) in [4.78, 5) is 6.99. The molecule has 1 aliphatic rings. The van der Waals surface area contributed by atoms with Crippen LogP contribution in [0.3, 0.4) is 0 Å². The highest BCUT2D eigenvalue weighted by molar-refractivity contribution is 14.0. The number of guanidine groups is 1. The van der Waals surface area contributed by atoms with Crippen molar-refractivity contribution in [2.45, 2.75) is 46.1 Å². The number of rotatable bonds is 12. The highest BCUT2D eigenvalue weighted by Gasteiger charge is 2.15. The van der Waals surface area contributed by atoms with Crippen molar-refractivity contribution in [3.05, 3.63) is 0 Å². The van der Waals surface area contributed by atoms with Crippen molar-refractivity contribution in [3.63, 3.8) is 0 Å². The summed E-state index contributed by atoms with van der Waals surface area (Å²) in [6, 6.07) is 0.619. The Morgan fingerprint density at radius 1 is 1.36 bits per heavy atom. The average molecular weight is 470 g/mol. The van der Waals surface area contributed by atoms with Gasteiger partial charge in [-0.15, -0.1) is 24.0 Å². The molecular formula is C18H39IN4O2. The van der Waals surface area contributed by atoms with Crippen LogP contribution in [0.1, 0.15) is 40.0 Å². The van der Waals surface area contributed by atoms with Gasteiger partial charge in [0, 0.05) is 51.4 Å². The molecule has 0 aromatic rings. The fraction of sp³-hybridized carbons (Fsp3) is 0.944. The zero-order valence-corrected chi connectivity index (χ0v) is 18.9. The second-order valence-electron chi connectivity index (χ2n) is 6.58.